The zero-order valence-corrected chi connectivity index (χ0v) is 11.9. The lowest BCUT2D eigenvalue weighted by molar-refractivity contribution is 0.0923. The van der Waals surface area contributed by atoms with Crippen molar-refractivity contribution in [2.24, 2.45) is 0 Å². The van der Waals surface area contributed by atoms with Crippen molar-refractivity contribution in [2.45, 2.75) is 6.42 Å². The van der Waals surface area contributed by atoms with Gasteiger partial charge in [0.2, 0.25) is 0 Å². The number of hydrogen-bond acceptors (Lipinski definition) is 4. The predicted molar refractivity (Wildman–Crippen MR) is 75.3 cm³/mol. The van der Waals surface area contributed by atoms with Gasteiger partial charge in [-0.2, -0.15) is 0 Å². The van der Waals surface area contributed by atoms with Gasteiger partial charge in [0.05, 0.1) is 18.7 Å². The van der Waals surface area contributed by atoms with Gasteiger partial charge in [0.1, 0.15) is 11.6 Å². The Morgan fingerprint density at radius 1 is 1.10 bits per heavy atom. The molecule has 0 unspecified atom stereocenters. The van der Waals surface area contributed by atoms with E-state index in [4.69, 9.17) is 5.11 Å². The van der Waals surface area contributed by atoms with Crippen molar-refractivity contribution in [3.8, 4) is 0 Å². The van der Waals surface area contributed by atoms with Gasteiger partial charge in [0, 0.05) is 19.6 Å². The van der Waals surface area contributed by atoms with E-state index < -0.39 is 23.0 Å². The van der Waals surface area contributed by atoms with E-state index in [-0.39, 0.29) is 13.2 Å². The van der Waals surface area contributed by atoms with E-state index in [0.717, 1.165) is 31.6 Å². The van der Waals surface area contributed by atoms with Crippen LogP contribution in [-0.4, -0.2) is 66.6 Å². The van der Waals surface area contributed by atoms with Gasteiger partial charge in [-0.15, -0.1) is 0 Å². The molecule has 0 bridgehead atoms. The predicted octanol–water partition coefficient (Wildman–Crippen LogP) is 1.15. The van der Waals surface area contributed by atoms with Crippen molar-refractivity contribution in [3.63, 3.8) is 0 Å². The largest absolute Gasteiger partial charge is 0.395 e. The molecule has 116 valence electrons. The molecule has 1 saturated heterocycles. The Hall–Kier alpha value is -1.37. The quantitative estimate of drug-likeness (QED) is 0.828. The topological polar surface area (TPSA) is 43.8 Å². The highest BCUT2D eigenvalue weighted by molar-refractivity contribution is 5.98. The first-order valence-corrected chi connectivity index (χ1v) is 7.14. The minimum atomic E-state index is -0.809. The second-order valence-corrected chi connectivity index (χ2v) is 5.21. The Bertz CT molecular complexity index is 476. The summed E-state index contributed by atoms with van der Waals surface area (Å²) in [6.07, 6.45) is 0.868. The molecule has 1 aromatic rings. The Balaban J connectivity index is 1.97. The average molecular weight is 298 g/mol. The number of carbonyl (C=O) groups excluding carboxylic acids is 1. The van der Waals surface area contributed by atoms with E-state index in [0.29, 0.717) is 19.6 Å². The van der Waals surface area contributed by atoms with Gasteiger partial charge in [-0.1, -0.05) is 6.07 Å². The average Bonchev–Trinajstić information content (AvgIpc) is 2.65. The summed E-state index contributed by atoms with van der Waals surface area (Å²) in [6.45, 7) is 3.71. The Kier molecular flexibility index (Phi) is 5.78. The fourth-order valence-electron chi connectivity index (χ4n) is 2.59. The van der Waals surface area contributed by atoms with E-state index in [1.54, 1.807) is 0 Å². The van der Waals surface area contributed by atoms with Crippen molar-refractivity contribution < 1.29 is 18.7 Å². The Morgan fingerprint density at radius 3 is 2.38 bits per heavy atom. The molecule has 6 heteroatoms. The maximum Gasteiger partial charge on any atom is 0.182 e. The summed E-state index contributed by atoms with van der Waals surface area (Å²) >= 11 is 0. The van der Waals surface area contributed by atoms with E-state index in [2.05, 4.69) is 4.90 Å². The first kappa shape index (κ1) is 16.0. The Morgan fingerprint density at radius 2 is 1.71 bits per heavy atom. The number of carbonyl (C=O) groups is 1. The number of Topliss-reactive ketones (excluding diaryl/α,β-unsaturated/α-hetero) is 1. The van der Waals surface area contributed by atoms with Crippen molar-refractivity contribution in [1.29, 1.82) is 0 Å². The maximum atomic E-state index is 13.6. The van der Waals surface area contributed by atoms with Crippen LogP contribution in [-0.2, 0) is 0 Å². The van der Waals surface area contributed by atoms with E-state index in [1.165, 1.54) is 6.07 Å². The lowest BCUT2D eigenvalue weighted by Crippen LogP contribution is -2.35. The van der Waals surface area contributed by atoms with Crippen LogP contribution in [0.3, 0.4) is 0 Å². The van der Waals surface area contributed by atoms with E-state index >= 15 is 0 Å². The maximum absolute atomic E-state index is 13.6. The summed E-state index contributed by atoms with van der Waals surface area (Å²) in [7, 11) is 0. The van der Waals surface area contributed by atoms with E-state index in [1.807, 2.05) is 4.90 Å². The van der Waals surface area contributed by atoms with Gasteiger partial charge in [-0.05, 0) is 31.6 Å². The van der Waals surface area contributed by atoms with Crippen LogP contribution in [0.4, 0.5) is 8.78 Å². The molecule has 1 aliphatic heterocycles. The molecule has 0 amide bonds. The zero-order valence-electron chi connectivity index (χ0n) is 11.9. The summed E-state index contributed by atoms with van der Waals surface area (Å²) in [4.78, 5) is 16.1. The summed E-state index contributed by atoms with van der Waals surface area (Å²) in [5, 5.41) is 8.94. The van der Waals surface area contributed by atoms with Gasteiger partial charge < -0.3 is 5.11 Å². The number of nitrogens with zero attached hydrogens (tertiary/aromatic N) is 2. The molecule has 4 nitrogen and oxygen atoms in total. The fraction of sp³-hybridized carbons (Fsp3) is 0.533. The van der Waals surface area contributed by atoms with Gasteiger partial charge in [0.15, 0.2) is 5.78 Å². The highest BCUT2D eigenvalue weighted by atomic mass is 19.1. The SMILES string of the molecule is O=C(CN1CCCN(CCO)CC1)c1c(F)cccc1F. The summed E-state index contributed by atoms with van der Waals surface area (Å²) in [6, 6.07) is 3.45. The molecule has 2 rings (SSSR count). The molecule has 1 aromatic carbocycles. The Labute approximate surface area is 123 Å². The highest BCUT2D eigenvalue weighted by Gasteiger charge is 2.21. The van der Waals surface area contributed by atoms with Crippen LogP contribution in [0.1, 0.15) is 16.8 Å². The lowest BCUT2D eigenvalue weighted by atomic mass is 10.1. The minimum Gasteiger partial charge on any atom is -0.395 e. The molecule has 1 heterocycles. The van der Waals surface area contributed by atoms with Crippen LogP contribution >= 0.6 is 0 Å². The van der Waals surface area contributed by atoms with Gasteiger partial charge >= 0.3 is 0 Å². The third kappa shape index (κ3) is 4.30. The summed E-state index contributed by atoms with van der Waals surface area (Å²) in [5.74, 6) is -2.14. The first-order chi connectivity index (χ1) is 10.1. The van der Waals surface area contributed by atoms with Crippen molar-refractivity contribution in [3.05, 3.63) is 35.4 Å². The summed E-state index contributed by atoms with van der Waals surface area (Å²) in [5.41, 5.74) is -0.450. The second kappa shape index (κ2) is 7.59. The number of ketones is 1. The van der Waals surface area contributed by atoms with Crippen LogP contribution in [0.25, 0.3) is 0 Å². The molecule has 0 atom stereocenters. The van der Waals surface area contributed by atoms with Crippen LogP contribution < -0.4 is 0 Å². The van der Waals surface area contributed by atoms with Gasteiger partial charge in [0.25, 0.3) is 0 Å². The van der Waals surface area contributed by atoms with E-state index in [9.17, 15) is 13.6 Å². The third-order valence-electron chi connectivity index (χ3n) is 3.71. The molecule has 0 spiro atoms. The fourth-order valence-corrected chi connectivity index (χ4v) is 2.59. The third-order valence-corrected chi connectivity index (χ3v) is 3.71. The number of halogens is 2. The van der Waals surface area contributed by atoms with Crippen molar-refractivity contribution >= 4 is 5.78 Å². The molecule has 0 saturated carbocycles. The smallest absolute Gasteiger partial charge is 0.182 e. The van der Waals surface area contributed by atoms with Crippen molar-refractivity contribution in [1.82, 2.24) is 9.80 Å². The number of hydrogen-bond donors (Lipinski definition) is 1. The lowest BCUT2D eigenvalue weighted by Gasteiger charge is -2.20. The van der Waals surface area contributed by atoms with Crippen molar-refractivity contribution in [2.75, 3.05) is 45.9 Å². The number of benzene rings is 1. The van der Waals surface area contributed by atoms with Crippen LogP contribution in [0.2, 0.25) is 0 Å². The second-order valence-electron chi connectivity index (χ2n) is 5.21. The molecule has 21 heavy (non-hydrogen) atoms. The summed E-state index contributed by atoms with van der Waals surface area (Å²) < 4.78 is 27.2. The highest BCUT2D eigenvalue weighted by Crippen LogP contribution is 2.14. The van der Waals surface area contributed by atoms with Gasteiger partial charge in [-0.25, -0.2) is 8.78 Å². The molecule has 0 aliphatic carbocycles. The molecular formula is C15H20F2N2O2. The number of aliphatic hydroxyl groups excluding tert-OH is 1. The van der Waals surface area contributed by atoms with Gasteiger partial charge in [-0.3, -0.25) is 14.6 Å². The molecule has 1 N–H and O–H groups in total. The molecule has 1 aliphatic rings. The molecule has 0 radical (unpaired) electrons. The van der Waals surface area contributed by atoms with Crippen LogP contribution in [0.15, 0.2) is 18.2 Å². The van der Waals surface area contributed by atoms with Crippen LogP contribution in [0.5, 0.6) is 0 Å². The molecule has 1 fully saturated rings. The minimum absolute atomic E-state index is 0.0187. The molecular weight excluding hydrogens is 278 g/mol. The standard InChI is InChI=1S/C15H20F2N2O2/c16-12-3-1-4-13(17)15(12)14(21)11-19-6-2-5-18(7-8-19)9-10-20/h1,3-4,20H,2,5-11H2. The normalized spacial score (nSPS) is 17.7. The monoisotopic (exact) mass is 298 g/mol. The first-order valence-electron chi connectivity index (χ1n) is 7.14. The zero-order chi connectivity index (χ0) is 15.2. The number of β-amino-alcohol motifs (C(OH)–C–C–N with tert-alkyl or cyclic N) is 1. The number of rotatable bonds is 5. The van der Waals surface area contributed by atoms with Crippen LogP contribution in [0, 0.1) is 11.6 Å². The number of aliphatic hydroxyl groups is 1. The molecule has 0 aromatic heterocycles.